The van der Waals surface area contributed by atoms with Crippen LogP contribution in [0.25, 0.3) is 111 Å². The van der Waals surface area contributed by atoms with E-state index in [4.69, 9.17) is 19.1 Å². The van der Waals surface area contributed by atoms with E-state index in [0.717, 1.165) is 94.1 Å². The van der Waals surface area contributed by atoms with Crippen molar-refractivity contribution in [2.75, 3.05) is 0 Å². The first-order valence-electron chi connectivity index (χ1n) is 22.0. The number of imidazole rings is 1. The van der Waals surface area contributed by atoms with Gasteiger partial charge in [-0.3, -0.25) is 4.98 Å². The SMILES string of the molecule is [Pt+2].[c-]1c(Oc2[c-]c3c(cc2)c2ccccc2n3-c2cc(-c3ccccc3)ccn2)cc2c(oc3cc(-c4ccccc4)ccc32)c1-c1nc2ccccc2n1-c1ccccc1-c1ccccc1. The van der Waals surface area contributed by atoms with Crippen LogP contribution in [0.1, 0.15) is 0 Å². The molecule has 9 aromatic carbocycles. The summed E-state index contributed by atoms with van der Waals surface area (Å²) >= 11 is 0. The van der Waals surface area contributed by atoms with Crippen molar-refractivity contribution in [3.63, 3.8) is 0 Å². The number of furan rings is 1. The summed E-state index contributed by atoms with van der Waals surface area (Å²) in [6, 6.07) is 80.4. The zero-order valence-electron chi connectivity index (χ0n) is 35.7. The monoisotopic (exact) mass is 1040 g/mol. The fourth-order valence-corrected chi connectivity index (χ4v) is 9.42. The van der Waals surface area contributed by atoms with Crippen LogP contribution in [0.5, 0.6) is 11.5 Å². The van der Waals surface area contributed by atoms with E-state index in [1.54, 1.807) is 0 Å². The van der Waals surface area contributed by atoms with Crippen LogP contribution in [0.3, 0.4) is 0 Å². The molecule has 7 heteroatoms. The van der Waals surface area contributed by atoms with Gasteiger partial charge in [0.15, 0.2) is 0 Å². The number of ether oxygens (including phenoxy) is 1. The van der Waals surface area contributed by atoms with Crippen molar-refractivity contribution in [2.24, 2.45) is 0 Å². The van der Waals surface area contributed by atoms with Gasteiger partial charge in [0.2, 0.25) is 0 Å². The van der Waals surface area contributed by atoms with Gasteiger partial charge in [0, 0.05) is 39.8 Å². The van der Waals surface area contributed by atoms with E-state index in [0.29, 0.717) is 28.5 Å². The van der Waals surface area contributed by atoms with E-state index >= 15 is 0 Å². The summed E-state index contributed by atoms with van der Waals surface area (Å²) in [5.41, 5.74) is 13.3. The number of nitrogens with zero attached hydrogens (tertiary/aromatic N) is 4. The van der Waals surface area contributed by atoms with Crippen LogP contribution in [0.4, 0.5) is 0 Å². The van der Waals surface area contributed by atoms with Gasteiger partial charge in [-0.15, -0.1) is 17.5 Å². The van der Waals surface area contributed by atoms with E-state index in [9.17, 15) is 0 Å². The number of benzene rings is 9. The topological polar surface area (TPSA) is 58.0 Å². The van der Waals surface area contributed by atoms with Gasteiger partial charge in [-0.05, 0) is 75.7 Å². The van der Waals surface area contributed by atoms with Gasteiger partial charge < -0.3 is 18.3 Å². The third-order valence-corrected chi connectivity index (χ3v) is 12.5. The first-order chi connectivity index (χ1) is 32.7. The molecule has 0 atom stereocenters. The Morgan fingerprint density at radius 2 is 1.12 bits per heavy atom. The number of pyridine rings is 1. The molecule has 13 aromatic rings. The second-order valence-corrected chi connectivity index (χ2v) is 16.4. The largest absolute Gasteiger partial charge is 2.00 e. The Labute approximate surface area is 400 Å². The number of aromatic nitrogens is 4. The zero-order chi connectivity index (χ0) is 43.6. The van der Waals surface area contributed by atoms with Crippen LogP contribution in [0.15, 0.2) is 223 Å². The van der Waals surface area contributed by atoms with Gasteiger partial charge in [-0.2, -0.15) is 6.07 Å². The summed E-state index contributed by atoms with van der Waals surface area (Å²) < 4.78 is 18.3. The minimum absolute atomic E-state index is 0. The van der Waals surface area contributed by atoms with E-state index < -0.39 is 0 Å². The van der Waals surface area contributed by atoms with Crippen molar-refractivity contribution in [2.45, 2.75) is 0 Å². The summed E-state index contributed by atoms with van der Waals surface area (Å²) in [6.07, 6.45) is 1.87. The van der Waals surface area contributed by atoms with Crippen LogP contribution in [-0.4, -0.2) is 19.1 Å². The Balaban J connectivity index is 0.00000468. The Morgan fingerprint density at radius 3 is 1.91 bits per heavy atom. The minimum atomic E-state index is 0. The Hall–Kier alpha value is -8.31. The summed E-state index contributed by atoms with van der Waals surface area (Å²) in [7, 11) is 0. The molecule has 4 heterocycles. The van der Waals surface area contributed by atoms with Crippen molar-refractivity contribution in [3.05, 3.63) is 231 Å². The molecule has 0 saturated heterocycles. The van der Waals surface area contributed by atoms with Gasteiger partial charge in [0.1, 0.15) is 11.4 Å². The first kappa shape index (κ1) is 40.2. The van der Waals surface area contributed by atoms with Crippen molar-refractivity contribution in [3.8, 4) is 67.8 Å². The van der Waals surface area contributed by atoms with Gasteiger partial charge >= 0.3 is 21.1 Å². The average Bonchev–Trinajstić information content (AvgIpc) is 4.06. The predicted molar refractivity (Wildman–Crippen MR) is 266 cm³/mol. The maximum Gasteiger partial charge on any atom is 2.00 e. The molecule has 0 aliphatic heterocycles. The second kappa shape index (κ2) is 16.6. The predicted octanol–water partition coefficient (Wildman–Crippen LogP) is 15.5. The second-order valence-electron chi connectivity index (χ2n) is 16.4. The van der Waals surface area contributed by atoms with E-state index in [1.807, 2.05) is 48.7 Å². The molecule has 318 valence electrons. The molecule has 0 amide bonds. The van der Waals surface area contributed by atoms with Gasteiger partial charge in [0.05, 0.1) is 22.4 Å². The van der Waals surface area contributed by atoms with Gasteiger partial charge in [0.25, 0.3) is 0 Å². The average molecular weight is 1040 g/mol. The molecule has 67 heavy (non-hydrogen) atoms. The Kier molecular flexibility index (Phi) is 9.96. The smallest absolute Gasteiger partial charge is 0.503 e. The maximum absolute atomic E-state index is 6.95. The Morgan fingerprint density at radius 1 is 0.463 bits per heavy atom. The van der Waals surface area contributed by atoms with Gasteiger partial charge in [-0.25, -0.2) is 4.98 Å². The van der Waals surface area contributed by atoms with Crippen molar-refractivity contribution >= 4 is 54.8 Å². The maximum atomic E-state index is 6.95. The quantitative estimate of drug-likeness (QED) is 0.142. The molecule has 0 radical (unpaired) electrons. The number of fused-ring (bicyclic) bond motifs is 7. The third-order valence-electron chi connectivity index (χ3n) is 12.5. The number of para-hydroxylation sites is 4. The summed E-state index contributed by atoms with van der Waals surface area (Å²) in [5.74, 6) is 2.51. The molecule has 0 N–H and O–H groups in total. The molecule has 13 rings (SSSR count). The van der Waals surface area contributed by atoms with Crippen LogP contribution in [0, 0.1) is 12.1 Å². The fourth-order valence-electron chi connectivity index (χ4n) is 9.42. The summed E-state index contributed by atoms with van der Waals surface area (Å²) in [5, 5.41) is 4.00. The van der Waals surface area contributed by atoms with E-state index in [1.165, 1.54) is 0 Å². The van der Waals surface area contributed by atoms with E-state index in [2.05, 4.69) is 191 Å². The van der Waals surface area contributed by atoms with Crippen molar-refractivity contribution in [1.82, 2.24) is 19.1 Å². The van der Waals surface area contributed by atoms with Crippen LogP contribution >= 0.6 is 0 Å². The molecule has 6 nitrogen and oxygen atoms in total. The van der Waals surface area contributed by atoms with Crippen molar-refractivity contribution in [1.29, 1.82) is 0 Å². The molecular formula is C60H36N4O2Pt. The van der Waals surface area contributed by atoms with Crippen LogP contribution < -0.4 is 4.74 Å². The molecular weight excluding hydrogens is 1000 g/mol. The molecule has 0 bridgehead atoms. The molecule has 0 spiro atoms. The molecule has 0 saturated carbocycles. The van der Waals surface area contributed by atoms with Crippen LogP contribution in [-0.2, 0) is 21.1 Å². The number of hydrogen-bond acceptors (Lipinski definition) is 4. The normalized spacial score (nSPS) is 11.5. The standard InChI is InChI=1S/C60H36N4O2.Pt/c1-4-16-39(17-5-1)42-28-30-49-50-36-45(65-44-29-31-48-47-23-11-14-26-54(47)63(56(48)38-44)58-35-43(32-33-61-58)40-18-6-2-7-19-40)37-51(59(50)66-57(49)34-42)60-62-52-24-12-15-27-55(52)64(60)53-25-13-10-22-46(53)41-20-8-3-9-21-41;/h1-36H;/q-2;+2. The molecule has 0 fully saturated rings. The van der Waals surface area contributed by atoms with E-state index in [-0.39, 0.29) is 21.1 Å². The summed E-state index contributed by atoms with van der Waals surface area (Å²) in [6.45, 7) is 0. The number of hydrogen-bond donors (Lipinski definition) is 0. The molecule has 4 aromatic heterocycles. The van der Waals surface area contributed by atoms with Crippen LogP contribution in [0.2, 0.25) is 0 Å². The molecule has 0 aliphatic rings. The molecule has 0 unspecified atom stereocenters. The Bertz CT molecular complexity index is 3970. The summed E-state index contributed by atoms with van der Waals surface area (Å²) in [4.78, 5) is 10.3. The third kappa shape index (κ3) is 6.93. The first-order valence-corrected chi connectivity index (χ1v) is 22.0. The zero-order valence-corrected chi connectivity index (χ0v) is 38.0. The fraction of sp³-hybridized carbons (Fsp3) is 0. The molecule has 0 aliphatic carbocycles. The number of rotatable bonds is 8. The van der Waals surface area contributed by atoms with Gasteiger partial charge in [-0.1, -0.05) is 180 Å². The van der Waals surface area contributed by atoms with Crippen molar-refractivity contribution < 1.29 is 30.2 Å². The minimum Gasteiger partial charge on any atom is -0.503 e.